The van der Waals surface area contributed by atoms with E-state index in [9.17, 15) is 9.59 Å². The molecule has 0 spiro atoms. The minimum absolute atomic E-state index is 0.157. The van der Waals surface area contributed by atoms with Crippen LogP contribution in [0.4, 0.5) is 4.79 Å². The first-order valence-corrected chi connectivity index (χ1v) is 6.84. The van der Waals surface area contributed by atoms with Crippen molar-refractivity contribution in [3.8, 4) is 0 Å². The molecule has 0 aliphatic heterocycles. The molecule has 0 aliphatic carbocycles. The Morgan fingerprint density at radius 2 is 1.52 bits per heavy atom. The summed E-state index contributed by atoms with van der Waals surface area (Å²) in [6.45, 7) is 1.87. The first-order chi connectivity index (χ1) is 10.1. The Balaban J connectivity index is 1.83. The summed E-state index contributed by atoms with van der Waals surface area (Å²) in [6, 6.07) is 18.3. The Hall–Kier alpha value is -2.62. The summed E-state index contributed by atoms with van der Waals surface area (Å²) in [7, 11) is 0. The van der Waals surface area contributed by atoms with E-state index in [0.29, 0.717) is 0 Å². The van der Waals surface area contributed by atoms with Gasteiger partial charge in [-0.25, -0.2) is 4.79 Å². The fraction of sp³-hybridized carbons (Fsp3) is 0.176. The molecule has 0 unspecified atom stereocenters. The van der Waals surface area contributed by atoms with E-state index in [1.165, 1.54) is 0 Å². The van der Waals surface area contributed by atoms with Gasteiger partial charge in [-0.15, -0.1) is 0 Å². The maximum Gasteiger partial charge on any atom is 0.321 e. The Morgan fingerprint density at radius 1 is 0.952 bits per heavy atom. The zero-order valence-corrected chi connectivity index (χ0v) is 11.9. The molecule has 4 heteroatoms. The van der Waals surface area contributed by atoms with Crippen molar-refractivity contribution in [2.24, 2.45) is 0 Å². The van der Waals surface area contributed by atoms with E-state index in [0.717, 1.165) is 11.1 Å². The molecule has 3 amide bonds. The first kappa shape index (κ1) is 14.8. The van der Waals surface area contributed by atoms with Gasteiger partial charge in [0.15, 0.2) is 0 Å². The van der Waals surface area contributed by atoms with Gasteiger partial charge in [0.25, 0.3) is 0 Å². The zero-order chi connectivity index (χ0) is 15.1. The molecule has 0 fully saturated rings. The molecular weight excluding hydrogens is 264 g/mol. The molecule has 0 radical (unpaired) electrons. The van der Waals surface area contributed by atoms with E-state index in [2.05, 4.69) is 10.6 Å². The van der Waals surface area contributed by atoms with E-state index in [1.807, 2.05) is 67.6 Å². The number of urea groups is 1. The molecule has 21 heavy (non-hydrogen) atoms. The van der Waals surface area contributed by atoms with Crippen LogP contribution in [-0.2, 0) is 11.2 Å². The van der Waals surface area contributed by atoms with Crippen molar-refractivity contribution in [1.82, 2.24) is 10.6 Å². The normalized spacial score (nSPS) is 11.5. The predicted molar refractivity (Wildman–Crippen MR) is 81.7 cm³/mol. The number of hydrogen-bond acceptors (Lipinski definition) is 2. The topological polar surface area (TPSA) is 58.2 Å². The average molecular weight is 282 g/mol. The molecule has 0 heterocycles. The molecule has 2 rings (SSSR count). The number of carbonyl (C=O) groups excluding carboxylic acids is 2. The van der Waals surface area contributed by atoms with Crippen LogP contribution in [0.1, 0.15) is 24.1 Å². The van der Waals surface area contributed by atoms with Crippen molar-refractivity contribution in [3.05, 3.63) is 71.8 Å². The molecule has 2 aromatic carbocycles. The second kappa shape index (κ2) is 7.24. The van der Waals surface area contributed by atoms with E-state index in [1.54, 1.807) is 0 Å². The van der Waals surface area contributed by atoms with Gasteiger partial charge < -0.3 is 5.32 Å². The van der Waals surface area contributed by atoms with Crippen LogP contribution in [0, 0.1) is 0 Å². The van der Waals surface area contributed by atoms with Crippen LogP contribution in [0.25, 0.3) is 0 Å². The van der Waals surface area contributed by atoms with Crippen molar-refractivity contribution in [2.45, 2.75) is 19.4 Å². The van der Waals surface area contributed by atoms with Gasteiger partial charge in [-0.2, -0.15) is 0 Å². The number of benzene rings is 2. The van der Waals surface area contributed by atoms with Crippen LogP contribution in [0.5, 0.6) is 0 Å². The number of hydrogen-bond donors (Lipinski definition) is 2. The lowest BCUT2D eigenvalue weighted by Gasteiger charge is -2.14. The minimum atomic E-state index is -0.479. The second-order valence-corrected chi connectivity index (χ2v) is 4.82. The highest BCUT2D eigenvalue weighted by atomic mass is 16.2. The lowest BCUT2D eigenvalue weighted by atomic mass is 10.1. The maximum absolute atomic E-state index is 11.8. The van der Waals surface area contributed by atoms with Gasteiger partial charge in [0.1, 0.15) is 0 Å². The third-order valence-corrected chi connectivity index (χ3v) is 3.11. The van der Waals surface area contributed by atoms with Crippen LogP contribution in [0.15, 0.2) is 60.7 Å². The lowest BCUT2D eigenvalue weighted by molar-refractivity contribution is -0.119. The molecule has 0 aromatic heterocycles. The summed E-state index contributed by atoms with van der Waals surface area (Å²) < 4.78 is 0. The smallest absolute Gasteiger partial charge is 0.321 e. The fourth-order valence-corrected chi connectivity index (χ4v) is 2.01. The SMILES string of the molecule is C[C@H](NC(=O)NC(=O)Cc1ccccc1)c1ccccc1. The summed E-state index contributed by atoms with van der Waals surface area (Å²) >= 11 is 0. The van der Waals surface area contributed by atoms with Crippen molar-refractivity contribution in [1.29, 1.82) is 0 Å². The predicted octanol–water partition coefficient (Wildman–Crippen LogP) is 2.82. The first-order valence-electron chi connectivity index (χ1n) is 6.84. The molecule has 108 valence electrons. The van der Waals surface area contributed by atoms with Gasteiger partial charge in [-0.1, -0.05) is 60.7 Å². The second-order valence-electron chi connectivity index (χ2n) is 4.82. The molecule has 0 saturated heterocycles. The standard InChI is InChI=1S/C17H18N2O2/c1-13(15-10-6-3-7-11-15)18-17(21)19-16(20)12-14-8-4-2-5-9-14/h2-11,13H,12H2,1H3,(H2,18,19,20,21)/t13-/m0/s1. The van der Waals surface area contributed by atoms with Gasteiger partial charge >= 0.3 is 6.03 Å². The van der Waals surface area contributed by atoms with Gasteiger partial charge in [0.05, 0.1) is 12.5 Å². The quantitative estimate of drug-likeness (QED) is 0.906. The summed E-state index contributed by atoms with van der Waals surface area (Å²) in [5.74, 6) is -0.320. The van der Waals surface area contributed by atoms with Crippen LogP contribution >= 0.6 is 0 Å². The number of nitrogens with one attached hydrogen (secondary N) is 2. The number of rotatable bonds is 4. The Labute approximate surface area is 124 Å². The van der Waals surface area contributed by atoms with Crippen molar-refractivity contribution < 1.29 is 9.59 Å². The van der Waals surface area contributed by atoms with Crippen molar-refractivity contribution in [3.63, 3.8) is 0 Å². The molecule has 4 nitrogen and oxygen atoms in total. The van der Waals surface area contributed by atoms with E-state index >= 15 is 0 Å². The summed E-state index contributed by atoms with van der Waals surface area (Å²) in [4.78, 5) is 23.6. The third kappa shape index (κ3) is 4.76. The summed E-state index contributed by atoms with van der Waals surface area (Å²) in [5, 5.41) is 5.08. The monoisotopic (exact) mass is 282 g/mol. The summed E-state index contributed by atoms with van der Waals surface area (Å²) in [5.41, 5.74) is 1.86. The molecular formula is C17H18N2O2. The van der Waals surface area contributed by atoms with Gasteiger partial charge in [0.2, 0.25) is 5.91 Å². The van der Waals surface area contributed by atoms with Crippen LogP contribution < -0.4 is 10.6 Å². The highest BCUT2D eigenvalue weighted by Crippen LogP contribution is 2.10. The molecule has 0 aliphatic rings. The Kier molecular flexibility index (Phi) is 5.10. The molecule has 2 aromatic rings. The lowest BCUT2D eigenvalue weighted by Crippen LogP contribution is -2.41. The molecule has 1 atom stereocenters. The minimum Gasteiger partial charge on any atom is -0.331 e. The molecule has 0 bridgehead atoms. The van der Waals surface area contributed by atoms with Crippen LogP contribution in [0.3, 0.4) is 0 Å². The van der Waals surface area contributed by atoms with Crippen molar-refractivity contribution in [2.75, 3.05) is 0 Å². The Bertz CT molecular complexity index is 597. The maximum atomic E-state index is 11.8. The zero-order valence-electron chi connectivity index (χ0n) is 11.9. The van der Waals surface area contributed by atoms with Gasteiger partial charge in [-0.3, -0.25) is 10.1 Å². The third-order valence-electron chi connectivity index (χ3n) is 3.11. The average Bonchev–Trinajstić information content (AvgIpc) is 2.48. The van der Waals surface area contributed by atoms with E-state index < -0.39 is 6.03 Å². The van der Waals surface area contributed by atoms with Gasteiger partial charge in [0, 0.05) is 0 Å². The van der Waals surface area contributed by atoms with E-state index in [4.69, 9.17) is 0 Å². The number of carbonyl (C=O) groups is 2. The number of amides is 3. The number of imide groups is 1. The van der Waals surface area contributed by atoms with Crippen molar-refractivity contribution >= 4 is 11.9 Å². The Morgan fingerprint density at radius 3 is 2.14 bits per heavy atom. The highest BCUT2D eigenvalue weighted by Gasteiger charge is 2.12. The van der Waals surface area contributed by atoms with E-state index in [-0.39, 0.29) is 18.4 Å². The fourth-order valence-electron chi connectivity index (χ4n) is 2.01. The molecule has 0 saturated carbocycles. The molecule has 2 N–H and O–H groups in total. The van der Waals surface area contributed by atoms with Crippen LogP contribution in [0.2, 0.25) is 0 Å². The van der Waals surface area contributed by atoms with Gasteiger partial charge in [-0.05, 0) is 18.1 Å². The highest BCUT2D eigenvalue weighted by molar-refractivity contribution is 5.95. The largest absolute Gasteiger partial charge is 0.331 e. The summed E-state index contributed by atoms with van der Waals surface area (Å²) in [6.07, 6.45) is 0.188. The van der Waals surface area contributed by atoms with Crippen LogP contribution in [-0.4, -0.2) is 11.9 Å².